The number of non-ortho nitro benzene ring substituents is 1. The molecule has 0 bridgehead atoms. The Morgan fingerprint density at radius 2 is 2.07 bits per heavy atom. The van der Waals surface area contributed by atoms with Crippen molar-refractivity contribution in [3.05, 3.63) is 33.9 Å². The van der Waals surface area contributed by atoms with E-state index >= 15 is 0 Å². The van der Waals surface area contributed by atoms with E-state index in [4.69, 9.17) is 0 Å². The fourth-order valence-electron chi connectivity index (χ4n) is 1.15. The van der Waals surface area contributed by atoms with Crippen LogP contribution >= 0.6 is 0 Å². The van der Waals surface area contributed by atoms with E-state index in [-0.39, 0.29) is 10.6 Å². The van der Waals surface area contributed by atoms with Crippen molar-refractivity contribution < 1.29 is 13.3 Å². The normalized spacial score (nSPS) is 16.6. The fraction of sp³-hybridized carbons (Fsp3) is 0. The molecule has 0 saturated carbocycles. The van der Waals surface area contributed by atoms with Gasteiger partial charge in [0, 0.05) is 23.9 Å². The monoisotopic (exact) mass is 212 g/mol. The van der Waals surface area contributed by atoms with Gasteiger partial charge in [0.25, 0.3) is 15.7 Å². The molecule has 0 spiro atoms. The average molecular weight is 212 g/mol. The van der Waals surface area contributed by atoms with Crippen LogP contribution in [0, 0.1) is 10.1 Å². The number of nitro benzene ring substituents is 1. The Bertz CT molecular complexity index is 547. The van der Waals surface area contributed by atoms with E-state index in [1.807, 2.05) is 0 Å². The quantitative estimate of drug-likeness (QED) is 0.506. The zero-order valence-corrected chi connectivity index (χ0v) is 7.56. The van der Waals surface area contributed by atoms with Crippen LogP contribution in [0.25, 0.3) is 0 Å². The first-order valence-electron chi connectivity index (χ1n) is 3.59. The molecule has 0 aromatic heterocycles. The van der Waals surface area contributed by atoms with Crippen LogP contribution in [0.5, 0.6) is 0 Å². The molecule has 14 heavy (non-hydrogen) atoms. The summed E-state index contributed by atoms with van der Waals surface area (Å²) in [6, 6.07) is 3.62. The summed E-state index contributed by atoms with van der Waals surface area (Å²) in [6.45, 7) is 0. The van der Waals surface area contributed by atoms with Gasteiger partial charge >= 0.3 is 0 Å². The van der Waals surface area contributed by atoms with Crippen LogP contribution in [0.3, 0.4) is 0 Å². The van der Waals surface area contributed by atoms with E-state index in [9.17, 15) is 18.5 Å². The zero-order chi connectivity index (χ0) is 10.3. The molecule has 0 unspecified atom stereocenters. The highest BCUT2D eigenvalue weighted by atomic mass is 32.2. The maximum Gasteiger partial charge on any atom is 0.283 e. The Kier molecular flexibility index (Phi) is 1.65. The molecule has 1 aliphatic rings. The smallest absolute Gasteiger partial charge is 0.258 e. The summed E-state index contributed by atoms with van der Waals surface area (Å²) in [5, 5.41) is 10.4. The van der Waals surface area contributed by atoms with Crippen molar-refractivity contribution in [3.63, 3.8) is 0 Å². The van der Waals surface area contributed by atoms with Gasteiger partial charge in [-0.05, 0) is 6.07 Å². The van der Waals surface area contributed by atoms with Crippen LogP contribution in [0.1, 0.15) is 5.56 Å². The number of sulfonamides is 1. The second-order valence-corrected chi connectivity index (χ2v) is 4.29. The minimum Gasteiger partial charge on any atom is -0.258 e. The summed E-state index contributed by atoms with van der Waals surface area (Å²) in [5.41, 5.74) is 0.133. The van der Waals surface area contributed by atoms with Crippen molar-refractivity contribution in [2.75, 3.05) is 0 Å². The van der Waals surface area contributed by atoms with Crippen molar-refractivity contribution in [1.29, 1.82) is 0 Å². The minimum atomic E-state index is -3.70. The van der Waals surface area contributed by atoms with Gasteiger partial charge in [0.15, 0.2) is 0 Å². The van der Waals surface area contributed by atoms with Crippen molar-refractivity contribution in [2.24, 2.45) is 4.40 Å². The molecule has 7 heteroatoms. The Morgan fingerprint density at radius 3 is 2.71 bits per heavy atom. The van der Waals surface area contributed by atoms with E-state index in [1.54, 1.807) is 0 Å². The molecule has 0 radical (unpaired) electrons. The summed E-state index contributed by atoms with van der Waals surface area (Å²) in [5.74, 6) is 0. The predicted octanol–water partition coefficient (Wildman–Crippen LogP) is 0.716. The van der Waals surface area contributed by atoms with Gasteiger partial charge in [0.1, 0.15) is 4.90 Å². The number of nitro groups is 1. The third-order valence-corrected chi connectivity index (χ3v) is 3.11. The molecule has 0 aliphatic carbocycles. The van der Waals surface area contributed by atoms with Crippen molar-refractivity contribution in [1.82, 2.24) is 0 Å². The standard InChI is InChI=1S/C7H4N2O4S/c10-9(11)6-2-1-5-4-8-14(12,13)7(5)3-6/h1-4H. The van der Waals surface area contributed by atoms with E-state index in [0.717, 1.165) is 6.07 Å². The first-order chi connectivity index (χ1) is 6.50. The van der Waals surface area contributed by atoms with Crippen LogP contribution in [0.2, 0.25) is 0 Å². The molecule has 1 heterocycles. The van der Waals surface area contributed by atoms with Gasteiger partial charge < -0.3 is 0 Å². The molecule has 0 saturated heterocycles. The second kappa shape index (κ2) is 2.61. The van der Waals surface area contributed by atoms with Crippen molar-refractivity contribution >= 4 is 21.9 Å². The lowest BCUT2D eigenvalue weighted by atomic mass is 10.2. The van der Waals surface area contributed by atoms with Crippen LogP contribution < -0.4 is 0 Å². The van der Waals surface area contributed by atoms with E-state index in [1.165, 1.54) is 18.3 Å². The van der Waals surface area contributed by atoms with E-state index in [2.05, 4.69) is 4.40 Å². The number of hydrogen-bond donors (Lipinski definition) is 0. The lowest BCUT2D eigenvalue weighted by Crippen LogP contribution is -1.95. The number of rotatable bonds is 1. The molecule has 72 valence electrons. The fourth-order valence-corrected chi connectivity index (χ4v) is 2.20. The van der Waals surface area contributed by atoms with Crippen LogP contribution in [0.4, 0.5) is 5.69 Å². The molecule has 0 amide bonds. The average Bonchev–Trinajstić information content (AvgIpc) is 2.42. The highest BCUT2D eigenvalue weighted by Gasteiger charge is 2.24. The van der Waals surface area contributed by atoms with E-state index < -0.39 is 14.9 Å². The maximum absolute atomic E-state index is 11.2. The lowest BCUT2D eigenvalue weighted by molar-refractivity contribution is -0.385. The summed E-state index contributed by atoms with van der Waals surface area (Å²) in [7, 11) is -3.70. The molecule has 1 aromatic carbocycles. The molecule has 0 fully saturated rings. The molecule has 1 aliphatic heterocycles. The summed E-state index contributed by atoms with van der Waals surface area (Å²) >= 11 is 0. The van der Waals surface area contributed by atoms with Crippen LogP contribution in [0.15, 0.2) is 27.5 Å². The SMILES string of the molecule is O=[N+]([O-])c1ccc2c(c1)S(=O)(=O)N=C2. The summed E-state index contributed by atoms with van der Waals surface area (Å²) in [4.78, 5) is 9.63. The third kappa shape index (κ3) is 1.18. The highest BCUT2D eigenvalue weighted by Crippen LogP contribution is 2.26. The van der Waals surface area contributed by atoms with Gasteiger partial charge in [-0.15, -0.1) is 0 Å². The largest absolute Gasteiger partial charge is 0.283 e. The number of benzene rings is 1. The Hall–Kier alpha value is -1.76. The van der Waals surface area contributed by atoms with Crippen molar-refractivity contribution in [2.45, 2.75) is 4.90 Å². The molecule has 6 nitrogen and oxygen atoms in total. The zero-order valence-electron chi connectivity index (χ0n) is 6.75. The number of hydrogen-bond acceptors (Lipinski definition) is 4. The van der Waals surface area contributed by atoms with Crippen LogP contribution in [-0.4, -0.2) is 19.6 Å². The summed E-state index contributed by atoms with van der Waals surface area (Å²) < 4.78 is 25.7. The number of nitrogens with zero attached hydrogens (tertiary/aromatic N) is 2. The van der Waals surface area contributed by atoms with Gasteiger partial charge in [-0.3, -0.25) is 10.1 Å². The molecule has 2 rings (SSSR count). The molecule has 0 atom stereocenters. The first-order valence-corrected chi connectivity index (χ1v) is 5.03. The first kappa shape index (κ1) is 8.82. The molecular formula is C7H4N2O4S. The lowest BCUT2D eigenvalue weighted by Gasteiger charge is -1.95. The summed E-state index contributed by atoms with van der Waals surface area (Å²) in [6.07, 6.45) is 1.17. The van der Waals surface area contributed by atoms with Gasteiger partial charge in [0.2, 0.25) is 0 Å². The molecule has 0 N–H and O–H groups in total. The second-order valence-electron chi connectivity index (χ2n) is 2.69. The Balaban J connectivity index is 2.69. The third-order valence-electron chi connectivity index (χ3n) is 1.82. The Morgan fingerprint density at radius 1 is 1.36 bits per heavy atom. The van der Waals surface area contributed by atoms with E-state index in [0.29, 0.717) is 5.56 Å². The van der Waals surface area contributed by atoms with Gasteiger partial charge in [0.05, 0.1) is 4.92 Å². The van der Waals surface area contributed by atoms with Crippen LogP contribution in [-0.2, 0) is 10.0 Å². The minimum absolute atomic E-state index is 0.105. The topological polar surface area (TPSA) is 89.6 Å². The molecular weight excluding hydrogens is 208 g/mol. The predicted molar refractivity (Wildman–Crippen MR) is 47.9 cm³/mol. The maximum atomic E-state index is 11.2. The number of fused-ring (bicyclic) bond motifs is 1. The highest BCUT2D eigenvalue weighted by molar-refractivity contribution is 7.90. The van der Waals surface area contributed by atoms with Gasteiger partial charge in [-0.25, -0.2) is 0 Å². The van der Waals surface area contributed by atoms with Gasteiger partial charge in [-0.1, -0.05) is 0 Å². The Labute approximate surface area is 79.1 Å². The molecule has 1 aromatic rings. The van der Waals surface area contributed by atoms with Crippen molar-refractivity contribution in [3.8, 4) is 0 Å². The van der Waals surface area contributed by atoms with Gasteiger partial charge in [-0.2, -0.15) is 12.8 Å².